The van der Waals surface area contributed by atoms with E-state index in [0.29, 0.717) is 0 Å². The van der Waals surface area contributed by atoms with Crippen LogP contribution in [0.5, 0.6) is 0 Å². The van der Waals surface area contributed by atoms with Crippen molar-refractivity contribution < 1.29 is 4.42 Å². The summed E-state index contributed by atoms with van der Waals surface area (Å²) in [5.74, 6) is 0. The van der Waals surface area contributed by atoms with Crippen molar-refractivity contribution in [1.82, 2.24) is 0 Å². The molecule has 2 heteroatoms. The summed E-state index contributed by atoms with van der Waals surface area (Å²) in [7, 11) is 0. The van der Waals surface area contributed by atoms with Crippen molar-refractivity contribution in [2.24, 2.45) is 0 Å². The zero-order valence-corrected chi connectivity index (χ0v) is 24.5. The van der Waals surface area contributed by atoms with Crippen LogP contribution < -0.4 is 0 Å². The maximum atomic E-state index is 6.49. The smallest absolute Gasteiger partial charge is 0.136 e. The SMILES string of the molecule is c1ccc(-c2c3ccccc3c(-c3ccc4oc5cc6ccc7sc8ccccc8c7c6cc5c4c3)c3ccccc23)cc1. The van der Waals surface area contributed by atoms with Crippen LogP contribution in [0.2, 0.25) is 0 Å². The van der Waals surface area contributed by atoms with Crippen molar-refractivity contribution in [3.63, 3.8) is 0 Å². The lowest BCUT2D eigenvalue weighted by Crippen LogP contribution is -1.90. The molecule has 0 saturated carbocycles. The van der Waals surface area contributed by atoms with Gasteiger partial charge < -0.3 is 4.42 Å². The van der Waals surface area contributed by atoms with E-state index < -0.39 is 0 Å². The minimum absolute atomic E-state index is 0.917. The lowest BCUT2D eigenvalue weighted by atomic mass is 9.86. The number of benzene rings is 8. The molecule has 0 aliphatic heterocycles. The van der Waals surface area contributed by atoms with E-state index >= 15 is 0 Å². The van der Waals surface area contributed by atoms with Crippen LogP contribution in [0.4, 0.5) is 0 Å². The summed E-state index contributed by atoms with van der Waals surface area (Å²) in [5.41, 5.74) is 6.83. The van der Waals surface area contributed by atoms with Gasteiger partial charge in [0.15, 0.2) is 0 Å². The minimum atomic E-state index is 0.917. The molecule has 0 atom stereocenters. The number of hydrogen-bond donors (Lipinski definition) is 0. The second-order valence-corrected chi connectivity index (χ2v) is 12.7. The average Bonchev–Trinajstić information content (AvgIpc) is 3.64. The fourth-order valence-electron chi connectivity index (χ4n) is 7.33. The Labute approximate surface area is 257 Å². The first-order chi connectivity index (χ1) is 21.8. The van der Waals surface area contributed by atoms with E-state index in [9.17, 15) is 0 Å². The Morgan fingerprint density at radius 3 is 1.70 bits per heavy atom. The number of furan rings is 1. The Balaban J connectivity index is 1.29. The fraction of sp³-hybridized carbons (Fsp3) is 0. The summed E-state index contributed by atoms with van der Waals surface area (Å²) >= 11 is 1.87. The van der Waals surface area contributed by atoms with Crippen LogP contribution in [0.1, 0.15) is 0 Å². The topological polar surface area (TPSA) is 13.1 Å². The molecular weight excluding hydrogens is 553 g/mol. The molecule has 204 valence electrons. The molecular formula is C42H24OS. The first-order valence-electron chi connectivity index (χ1n) is 15.0. The third kappa shape index (κ3) is 3.35. The van der Waals surface area contributed by atoms with Crippen LogP contribution in [0.25, 0.3) is 96.7 Å². The van der Waals surface area contributed by atoms with Gasteiger partial charge in [-0.15, -0.1) is 11.3 Å². The van der Waals surface area contributed by atoms with E-state index in [-0.39, 0.29) is 0 Å². The molecule has 0 saturated heterocycles. The average molecular weight is 577 g/mol. The highest BCUT2D eigenvalue weighted by atomic mass is 32.1. The molecule has 10 rings (SSSR count). The van der Waals surface area contributed by atoms with E-state index in [1.54, 1.807) is 0 Å². The molecule has 8 aromatic carbocycles. The highest BCUT2D eigenvalue weighted by Gasteiger charge is 2.18. The molecule has 0 unspecified atom stereocenters. The Kier molecular flexibility index (Phi) is 4.94. The van der Waals surface area contributed by atoms with Crippen molar-refractivity contribution in [3.05, 3.63) is 146 Å². The van der Waals surface area contributed by atoms with Crippen LogP contribution in [0.3, 0.4) is 0 Å². The number of rotatable bonds is 2. The second-order valence-electron chi connectivity index (χ2n) is 11.6. The van der Waals surface area contributed by atoms with Crippen LogP contribution in [-0.4, -0.2) is 0 Å². The van der Waals surface area contributed by atoms with Gasteiger partial charge >= 0.3 is 0 Å². The van der Waals surface area contributed by atoms with Crippen LogP contribution in [0.15, 0.2) is 150 Å². The number of thiophene rings is 1. The van der Waals surface area contributed by atoms with E-state index in [2.05, 4.69) is 146 Å². The van der Waals surface area contributed by atoms with E-state index in [1.807, 2.05) is 11.3 Å². The Hall–Kier alpha value is -5.44. The first kappa shape index (κ1) is 24.0. The zero-order chi connectivity index (χ0) is 28.8. The van der Waals surface area contributed by atoms with Crippen LogP contribution in [-0.2, 0) is 0 Å². The van der Waals surface area contributed by atoms with Gasteiger partial charge in [-0.2, -0.15) is 0 Å². The third-order valence-corrected chi connectivity index (χ3v) is 10.4. The second kappa shape index (κ2) is 9.03. The zero-order valence-electron chi connectivity index (χ0n) is 23.7. The molecule has 0 aliphatic rings. The molecule has 10 aromatic rings. The van der Waals surface area contributed by atoms with E-state index in [1.165, 1.54) is 74.7 Å². The molecule has 2 aromatic heterocycles. The fourth-order valence-corrected chi connectivity index (χ4v) is 8.45. The van der Waals surface area contributed by atoms with Gasteiger partial charge in [0, 0.05) is 30.9 Å². The quantitative estimate of drug-likeness (QED) is 0.187. The van der Waals surface area contributed by atoms with Gasteiger partial charge in [-0.1, -0.05) is 109 Å². The standard InChI is InChI=1S/C42H24OS/c1-2-10-25(11-3-1)40-28-12-4-6-14-30(28)41(31-15-7-5-13-29(31)40)27-18-20-36-34(22-27)35-24-33-26(23-37(35)43-36)19-21-39-42(33)32-16-8-9-17-38(32)44-39/h1-24H. The summed E-state index contributed by atoms with van der Waals surface area (Å²) in [6.45, 7) is 0. The molecule has 0 fully saturated rings. The van der Waals surface area contributed by atoms with Gasteiger partial charge in [0.05, 0.1) is 0 Å². The monoisotopic (exact) mass is 576 g/mol. The van der Waals surface area contributed by atoms with Crippen molar-refractivity contribution in [3.8, 4) is 22.3 Å². The lowest BCUT2D eigenvalue weighted by molar-refractivity contribution is 0.669. The molecule has 1 nitrogen and oxygen atoms in total. The van der Waals surface area contributed by atoms with Crippen molar-refractivity contribution in [1.29, 1.82) is 0 Å². The van der Waals surface area contributed by atoms with Crippen molar-refractivity contribution >= 4 is 85.8 Å². The highest BCUT2D eigenvalue weighted by Crippen LogP contribution is 2.46. The predicted octanol–water partition coefficient (Wildman–Crippen LogP) is 12.7. The predicted molar refractivity (Wildman–Crippen MR) is 190 cm³/mol. The summed E-state index contributed by atoms with van der Waals surface area (Å²) in [5, 5.41) is 12.5. The van der Waals surface area contributed by atoms with Crippen molar-refractivity contribution in [2.75, 3.05) is 0 Å². The highest BCUT2D eigenvalue weighted by molar-refractivity contribution is 7.26. The molecule has 0 N–H and O–H groups in total. The normalized spacial score (nSPS) is 12.1. The van der Waals surface area contributed by atoms with E-state index in [4.69, 9.17) is 4.42 Å². The summed E-state index contributed by atoms with van der Waals surface area (Å²) in [6.07, 6.45) is 0. The number of hydrogen-bond acceptors (Lipinski definition) is 2. The maximum absolute atomic E-state index is 6.49. The van der Waals surface area contributed by atoms with Gasteiger partial charge in [0.2, 0.25) is 0 Å². The summed E-state index contributed by atoms with van der Waals surface area (Å²) in [6, 6.07) is 53.0. The molecule has 0 spiro atoms. The molecule has 44 heavy (non-hydrogen) atoms. The molecule has 0 amide bonds. The third-order valence-electron chi connectivity index (χ3n) is 9.23. The van der Waals surface area contributed by atoms with Crippen LogP contribution in [0, 0.1) is 0 Å². The Morgan fingerprint density at radius 1 is 0.364 bits per heavy atom. The van der Waals surface area contributed by atoms with Gasteiger partial charge in [-0.25, -0.2) is 0 Å². The Morgan fingerprint density at radius 2 is 0.977 bits per heavy atom. The van der Waals surface area contributed by atoms with E-state index in [0.717, 1.165) is 21.9 Å². The van der Waals surface area contributed by atoms with Gasteiger partial charge in [0.1, 0.15) is 11.2 Å². The lowest BCUT2D eigenvalue weighted by Gasteiger charge is -2.17. The molecule has 0 aliphatic carbocycles. The van der Waals surface area contributed by atoms with Crippen LogP contribution >= 0.6 is 11.3 Å². The van der Waals surface area contributed by atoms with Gasteiger partial charge in [-0.05, 0) is 91.0 Å². The Bertz CT molecular complexity index is 2710. The summed E-state index contributed by atoms with van der Waals surface area (Å²) in [4.78, 5) is 0. The molecule has 2 heterocycles. The largest absolute Gasteiger partial charge is 0.456 e. The van der Waals surface area contributed by atoms with Gasteiger partial charge in [-0.3, -0.25) is 0 Å². The maximum Gasteiger partial charge on any atom is 0.136 e. The van der Waals surface area contributed by atoms with Crippen molar-refractivity contribution in [2.45, 2.75) is 0 Å². The first-order valence-corrected chi connectivity index (χ1v) is 15.8. The molecule has 0 radical (unpaired) electrons. The summed E-state index contributed by atoms with van der Waals surface area (Å²) < 4.78 is 9.14. The van der Waals surface area contributed by atoms with Gasteiger partial charge in [0.25, 0.3) is 0 Å². The minimum Gasteiger partial charge on any atom is -0.456 e. The number of fused-ring (bicyclic) bond motifs is 10. The molecule has 0 bridgehead atoms.